The van der Waals surface area contributed by atoms with Crippen LogP contribution in [0.4, 0.5) is 10.1 Å². The second-order valence-electron chi connectivity index (χ2n) is 5.22. The van der Waals surface area contributed by atoms with Gasteiger partial charge in [0, 0.05) is 0 Å². The van der Waals surface area contributed by atoms with Gasteiger partial charge < -0.3 is 5.73 Å². The zero-order chi connectivity index (χ0) is 14.0. The predicted octanol–water partition coefficient (Wildman–Crippen LogP) is 3.15. The molecule has 1 aromatic carbocycles. The first-order chi connectivity index (χ1) is 8.96. The molecule has 2 unspecified atom stereocenters. The summed E-state index contributed by atoms with van der Waals surface area (Å²) in [5.41, 5.74) is 5.38. The summed E-state index contributed by atoms with van der Waals surface area (Å²) >= 11 is 0. The predicted molar refractivity (Wildman–Crippen MR) is 74.0 cm³/mol. The van der Waals surface area contributed by atoms with Crippen molar-refractivity contribution in [3.63, 3.8) is 0 Å². The Labute approximate surface area is 113 Å². The number of benzene rings is 1. The SMILES string of the molecule is CCC1CCCCC1S(=O)(=O)c1ccc(N)c(F)c1. The molecule has 3 nitrogen and oxygen atoms in total. The highest BCUT2D eigenvalue weighted by atomic mass is 32.2. The lowest BCUT2D eigenvalue weighted by atomic mass is 9.87. The molecule has 19 heavy (non-hydrogen) atoms. The van der Waals surface area contributed by atoms with E-state index in [2.05, 4.69) is 0 Å². The van der Waals surface area contributed by atoms with Crippen LogP contribution in [0.5, 0.6) is 0 Å². The number of halogens is 1. The highest BCUT2D eigenvalue weighted by Gasteiger charge is 2.35. The number of rotatable bonds is 3. The summed E-state index contributed by atoms with van der Waals surface area (Å²) in [5.74, 6) is -0.482. The highest BCUT2D eigenvalue weighted by molar-refractivity contribution is 7.92. The minimum Gasteiger partial charge on any atom is -0.396 e. The Balaban J connectivity index is 2.37. The molecule has 5 heteroatoms. The molecule has 2 N–H and O–H groups in total. The van der Waals surface area contributed by atoms with Crippen LogP contribution in [0.1, 0.15) is 39.0 Å². The Bertz CT molecular complexity index is 557. The van der Waals surface area contributed by atoms with Gasteiger partial charge in [0.1, 0.15) is 5.82 Å². The zero-order valence-electron chi connectivity index (χ0n) is 11.1. The number of anilines is 1. The number of nitrogen functional groups attached to an aromatic ring is 1. The van der Waals surface area contributed by atoms with Crippen molar-refractivity contribution in [3.8, 4) is 0 Å². The van der Waals surface area contributed by atoms with Crippen LogP contribution >= 0.6 is 0 Å². The normalized spacial score (nSPS) is 24.3. The molecule has 106 valence electrons. The Morgan fingerprint density at radius 1 is 1.32 bits per heavy atom. The summed E-state index contributed by atoms with van der Waals surface area (Å²) < 4.78 is 38.7. The maximum atomic E-state index is 13.5. The minimum atomic E-state index is -3.46. The molecule has 1 aliphatic rings. The molecule has 0 spiro atoms. The Hall–Kier alpha value is -1.10. The average molecular weight is 285 g/mol. The molecule has 1 aliphatic carbocycles. The van der Waals surface area contributed by atoms with Crippen LogP contribution < -0.4 is 5.73 Å². The molecule has 0 saturated heterocycles. The molecule has 0 aromatic heterocycles. The molecule has 2 rings (SSSR count). The number of sulfone groups is 1. The highest BCUT2D eigenvalue weighted by Crippen LogP contribution is 2.35. The molecule has 0 radical (unpaired) electrons. The van der Waals surface area contributed by atoms with Crippen LogP contribution in [0.15, 0.2) is 23.1 Å². The summed E-state index contributed by atoms with van der Waals surface area (Å²) in [4.78, 5) is 0.0598. The standard InChI is InChI=1S/C14H20FNO2S/c1-2-10-5-3-4-6-14(10)19(17,18)11-7-8-13(16)12(15)9-11/h7-10,14H,2-6,16H2,1H3. The van der Waals surface area contributed by atoms with E-state index in [0.717, 1.165) is 31.7 Å². The van der Waals surface area contributed by atoms with Crippen molar-refractivity contribution in [3.05, 3.63) is 24.0 Å². The first-order valence-corrected chi connectivity index (χ1v) is 8.30. The van der Waals surface area contributed by atoms with E-state index in [9.17, 15) is 12.8 Å². The monoisotopic (exact) mass is 285 g/mol. The lowest BCUT2D eigenvalue weighted by molar-refractivity contribution is 0.348. The van der Waals surface area contributed by atoms with Crippen LogP contribution in [0, 0.1) is 11.7 Å². The molecule has 1 saturated carbocycles. The quantitative estimate of drug-likeness (QED) is 0.868. The zero-order valence-corrected chi connectivity index (χ0v) is 11.9. The fraction of sp³-hybridized carbons (Fsp3) is 0.571. The van der Waals surface area contributed by atoms with Crippen LogP contribution in [0.3, 0.4) is 0 Å². The van der Waals surface area contributed by atoms with Crippen molar-refractivity contribution in [2.45, 2.75) is 49.2 Å². The Morgan fingerprint density at radius 2 is 2.00 bits per heavy atom. The van der Waals surface area contributed by atoms with E-state index in [1.54, 1.807) is 0 Å². The van der Waals surface area contributed by atoms with E-state index in [1.807, 2.05) is 6.92 Å². The molecule has 1 fully saturated rings. The van der Waals surface area contributed by atoms with Crippen LogP contribution in [0.25, 0.3) is 0 Å². The summed E-state index contributed by atoms with van der Waals surface area (Å²) in [6.07, 6.45) is 4.48. The van der Waals surface area contributed by atoms with Crippen molar-refractivity contribution >= 4 is 15.5 Å². The third-order valence-corrected chi connectivity index (χ3v) is 6.39. The molecule has 0 bridgehead atoms. The maximum absolute atomic E-state index is 13.5. The second-order valence-corrected chi connectivity index (χ2v) is 7.39. The minimum absolute atomic E-state index is 0.0189. The van der Waals surface area contributed by atoms with E-state index >= 15 is 0 Å². The van der Waals surface area contributed by atoms with E-state index in [0.29, 0.717) is 6.42 Å². The van der Waals surface area contributed by atoms with Gasteiger partial charge in [-0.3, -0.25) is 0 Å². The Morgan fingerprint density at radius 3 is 2.63 bits per heavy atom. The Kier molecular flexibility index (Phi) is 4.13. The molecule has 1 aromatic rings. The van der Waals surface area contributed by atoms with Crippen molar-refractivity contribution in [1.29, 1.82) is 0 Å². The van der Waals surface area contributed by atoms with Crippen molar-refractivity contribution in [2.24, 2.45) is 5.92 Å². The first kappa shape index (κ1) is 14.3. The summed E-state index contributed by atoms with van der Waals surface area (Å²) in [6.45, 7) is 2.02. The fourth-order valence-electron chi connectivity index (χ4n) is 2.91. The summed E-state index contributed by atoms with van der Waals surface area (Å²) in [7, 11) is -3.46. The third kappa shape index (κ3) is 2.76. The number of hydrogen-bond donors (Lipinski definition) is 1. The molecular weight excluding hydrogens is 265 g/mol. The van der Waals surface area contributed by atoms with Gasteiger partial charge in [-0.15, -0.1) is 0 Å². The van der Waals surface area contributed by atoms with E-state index in [-0.39, 0.29) is 21.8 Å². The second kappa shape index (κ2) is 5.49. The van der Waals surface area contributed by atoms with E-state index in [4.69, 9.17) is 5.73 Å². The largest absolute Gasteiger partial charge is 0.396 e. The lowest BCUT2D eigenvalue weighted by Crippen LogP contribution is -2.32. The molecule has 0 heterocycles. The summed E-state index contributed by atoms with van der Waals surface area (Å²) in [5, 5.41) is -0.380. The smallest absolute Gasteiger partial charge is 0.181 e. The average Bonchev–Trinajstić information content (AvgIpc) is 2.41. The van der Waals surface area contributed by atoms with E-state index < -0.39 is 15.7 Å². The van der Waals surface area contributed by atoms with Gasteiger partial charge in [0.15, 0.2) is 9.84 Å². The van der Waals surface area contributed by atoms with Gasteiger partial charge in [-0.2, -0.15) is 0 Å². The fourth-order valence-corrected chi connectivity index (χ4v) is 5.10. The lowest BCUT2D eigenvalue weighted by Gasteiger charge is -2.30. The van der Waals surface area contributed by atoms with Gasteiger partial charge in [0.2, 0.25) is 0 Å². The van der Waals surface area contributed by atoms with Crippen LogP contribution in [-0.2, 0) is 9.84 Å². The summed E-state index contributed by atoms with van der Waals surface area (Å²) in [6, 6.07) is 3.78. The van der Waals surface area contributed by atoms with Crippen molar-refractivity contribution < 1.29 is 12.8 Å². The van der Waals surface area contributed by atoms with Crippen molar-refractivity contribution in [1.82, 2.24) is 0 Å². The number of nitrogens with two attached hydrogens (primary N) is 1. The number of hydrogen-bond acceptors (Lipinski definition) is 3. The van der Waals surface area contributed by atoms with Gasteiger partial charge in [0.25, 0.3) is 0 Å². The molecule has 0 amide bonds. The van der Waals surface area contributed by atoms with Gasteiger partial charge >= 0.3 is 0 Å². The van der Waals surface area contributed by atoms with Crippen molar-refractivity contribution in [2.75, 3.05) is 5.73 Å². The topological polar surface area (TPSA) is 60.2 Å². The van der Waals surface area contributed by atoms with Gasteiger partial charge in [-0.05, 0) is 37.0 Å². The van der Waals surface area contributed by atoms with Gasteiger partial charge in [-0.1, -0.05) is 26.2 Å². The van der Waals surface area contributed by atoms with Gasteiger partial charge in [0.05, 0.1) is 15.8 Å². The first-order valence-electron chi connectivity index (χ1n) is 6.75. The maximum Gasteiger partial charge on any atom is 0.181 e. The van der Waals surface area contributed by atoms with Gasteiger partial charge in [-0.25, -0.2) is 12.8 Å². The van der Waals surface area contributed by atoms with Crippen LogP contribution in [0.2, 0.25) is 0 Å². The van der Waals surface area contributed by atoms with Crippen LogP contribution in [-0.4, -0.2) is 13.7 Å². The molecule has 2 atom stereocenters. The van der Waals surface area contributed by atoms with E-state index in [1.165, 1.54) is 12.1 Å². The molecule has 0 aliphatic heterocycles. The third-order valence-electron chi connectivity index (χ3n) is 4.06. The molecular formula is C14H20FNO2S.